The van der Waals surface area contributed by atoms with E-state index < -0.39 is 11.4 Å². The van der Waals surface area contributed by atoms with Crippen LogP contribution < -0.4 is 5.43 Å². The molecule has 0 saturated heterocycles. The van der Waals surface area contributed by atoms with E-state index in [2.05, 4.69) is 28.0 Å². The molecule has 0 spiro atoms. The highest BCUT2D eigenvalue weighted by Crippen LogP contribution is 2.22. The van der Waals surface area contributed by atoms with Gasteiger partial charge in [-0.2, -0.15) is 0 Å². The second-order valence-corrected chi connectivity index (χ2v) is 8.54. The Morgan fingerprint density at radius 3 is 1.96 bits per heavy atom. The van der Waals surface area contributed by atoms with E-state index in [1.54, 1.807) is 18.2 Å². The molecule has 0 heterocycles. The number of carbonyl (C=O) groups excluding carboxylic acids is 2. The summed E-state index contributed by atoms with van der Waals surface area (Å²) in [7, 11) is 0. The first-order chi connectivity index (χ1) is 11.6. The second-order valence-electron chi connectivity index (χ2n) is 6.42. The van der Waals surface area contributed by atoms with Gasteiger partial charge in [-0.05, 0) is 85.8 Å². The average molecular weight is 491 g/mol. The average Bonchev–Trinajstić information content (AvgIpc) is 2.50. The highest BCUT2D eigenvalue weighted by atomic mass is 127. The van der Waals surface area contributed by atoms with Crippen LogP contribution in [-0.2, 0) is 0 Å². The van der Waals surface area contributed by atoms with E-state index in [1.165, 1.54) is 17.1 Å². The van der Waals surface area contributed by atoms with Crippen LogP contribution in [0.15, 0.2) is 42.5 Å². The zero-order chi connectivity index (χ0) is 18.8. The molecule has 0 atom stereocenters. The molecule has 0 aliphatic carbocycles. The van der Waals surface area contributed by atoms with Crippen LogP contribution in [0.4, 0.5) is 0 Å². The van der Waals surface area contributed by atoms with Crippen molar-refractivity contribution >= 4 is 57.6 Å². The van der Waals surface area contributed by atoms with Gasteiger partial charge in [0, 0.05) is 24.7 Å². The number of hydrazine groups is 1. The van der Waals surface area contributed by atoms with Gasteiger partial charge in [-0.15, -0.1) is 0 Å². The van der Waals surface area contributed by atoms with Crippen molar-refractivity contribution in [2.75, 3.05) is 0 Å². The van der Waals surface area contributed by atoms with Gasteiger partial charge in [-0.3, -0.25) is 15.0 Å². The summed E-state index contributed by atoms with van der Waals surface area (Å²) in [5.41, 5.74) is 2.80. The molecule has 0 radical (unpaired) electrons. The van der Waals surface area contributed by atoms with Crippen molar-refractivity contribution in [1.29, 1.82) is 0 Å². The van der Waals surface area contributed by atoms with Crippen molar-refractivity contribution in [3.05, 3.63) is 67.2 Å². The number of nitrogens with zero attached hydrogens (tertiary/aromatic N) is 1. The monoisotopic (exact) mass is 490 g/mol. The molecular formula is C18H17Cl2IN2O2. The summed E-state index contributed by atoms with van der Waals surface area (Å²) >= 11 is 14.1. The maximum atomic E-state index is 12.9. The predicted octanol–water partition coefficient (Wildman–Crippen LogP) is 5.18. The Kier molecular flexibility index (Phi) is 6.35. The molecule has 0 bridgehead atoms. The minimum absolute atomic E-state index is 0.301. The molecule has 2 aromatic rings. The second kappa shape index (κ2) is 7.93. The molecule has 0 aliphatic heterocycles. The van der Waals surface area contributed by atoms with Crippen LogP contribution in [0.3, 0.4) is 0 Å². The summed E-state index contributed by atoms with van der Waals surface area (Å²) in [6, 6.07) is 11.7. The first-order valence-corrected chi connectivity index (χ1v) is 9.28. The Bertz CT molecular complexity index is 781. The summed E-state index contributed by atoms with van der Waals surface area (Å²) in [4.78, 5) is 25.4. The van der Waals surface area contributed by atoms with Gasteiger partial charge in [0.1, 0.15) is 0 Å². The number of nitrogens with one attached hydrogen (secondary N) is 1. The fourth-order valence-electron chi connectivity index (χ4n) is 2.10. The largest absolute Gasteiger partial charge is 0.272 e. The Hall–Kier alpha value is -1.31. The molecule has 1 N–H and O–H groups in total. The van der Waals surface area contributed by atoms with Crippen LogP contribution >= 0.6 is 45.8 Å². The van der Waals surface area contributed by atoms with E-state index in [0.717, 1.165) is 3.57 Å². The van der Waals surface area contributed by atoms with Gasteiger partial charge in [-0.25, -0.2) is 5.01 Å². The predicted molar refractivity (Wildman–Crippen MR) is 109 cm³/mol. The zero-order valence-corrected chi connectivity index (χ0v) is 17.6. The van der Waals surface area contributed by atoms with Gasteiger partial charge < -0.3 is 0 Å². The molecule has 0 aliphatic rings. The van der Waals surface area contributed by atoms with E-state index >= 15 is 0 Å². The van der Waals surface area contributed by atoms with E-state index in [4.69, 9.17) is 23.2 Å². The van der Waals surface area contributed by atoms with Crippen LogP contribution in [0, 0.1) is 3.57 Å². The molecule has 4 nitrogen and oxygen atoms in total. The van der Waals surface area contributed by atoms with Crippen molar-refractivity contribution in [3.8, 4) is 0 Å². The van der Waals surface area contributed by atoms with Crippen molar-refractivity contribution < 1.29 is 9.59 Å². The Balaban J connectivity index is 2.31. The minimum Gasteiger partial charge on any atom is -0.267 e. The summed E-state index contributed by atoms with van der Waals surface area (Å²) in [5.74, 6) is -0.761. The highest BCUT2D eigenvalue weighted by molar-refractivity contribution is 14.1. The molecule has 0 aromatic heterocycles. The number of amides is 2. The molecular weight excluding hydrogens is 474 g/mol. The van der Waals surface area contributed by atoms with E-state index in [9.17, 15) is 9.59 Å². The number of hydrogen-bond donors (Lipinski definition) is 1. The molecule has 2 aromatic carbocycles. The zero-order valence-electron chi connectivity index (χ0n) is 13.9. The molecule has 25 heavy (non-hydrogen) atoms. The lowest BCUT2D eigenvalue weighted by Crippen LogP contribution is -2.55. The summed E-state index contributed by atoms with van der Waals surface area (Å²) < 4.78 is 1.02. The SMILES string of the molecule is CC(C)(C)N(NC(=O)c1ccc(I)cc1)C(=O)c1cc(Cl)cc(Cl)c1. The van der Waals surface area contributed by atoms with Crippen LogP contribution in [0.25, 0.3) is 0 Å². The van der Waals surface area contributed by atoms with Crippen molar-refractivity contribution in [1.82, 2.24) is 10.4 Å². The van der Waals surface area contributed by atoms with Crippen molar-refractivity contribution in [2.45, 2.75) is 26.3 Å². The fourth-order valence-corrected chi connectivity index (χ4v) is 2.98. The maximum Gasteiger partial charge on any atom is 0.272 e. The first kappa shape index (κ1) is 20.0. The van der Waals surface area contributed by atoms with E-state index in [1.807, 2.05) is 32.9 Å². The molecule has 132 valence electrons. The maximum absolute atomic E-state index is 12.9. The number of rotatable bonds is 2. The number of halogens is 3. The lowest BCUT2D eigenvalue weighted by molar-refractivity contribution is 0.0358. The van der Waals surface area contributed by atoms with Gasteiger partial charge in [0.2, 0.25) is 0 Å². The van der Waals surface area contributed by atoms with Crippen molar-refractivity contribution in [2.24, 2.45) is 0 Å². The van der Waals surface area contributed by atoms with E-state index in [-0.39, 0.29) is 5.91 Å². The summed E-state index contributed by atoms with van der Waals surface area (Å²) in [6.07, 6.45) is 0. The fraction of sp³-hybridized carbons (Fsp3) is 0.222. The Morgan fingerprint density at radius 1 is 0.960 bits per heavy atom. The van der Waals surface area contributed by atoms with Gasteiger partial charge in [0.05, 0.1) is 5.54 Å². The van der Waals surface area contributed by atoms with Gasteiger partial charge >= 0.3 is 0 Å². The normalized spacial score (nSPS) is 11.1. The molecule has 2 rings (SSSR count). The van der Waals surface area contributed by atoms with Crippen LogP contribution in [0.2, 0.25) is 10.0 Å². The molecule has 2 amide bonds. The first-order valence-electron chi connectivity index (χ1n) is 7.45. The Morgan fingerprint density at radius 2 is 1.48 bits per heavy atom. The smallest absolute Gasteiger partial charge is 0.267 e. The highest BCUT2D eigenvalue weighted by Gasteiger charge is 2.30. The third-order valence-electron chi connectivity index (χ3n) is 3.30. The number of carbonyl (C=O) groups is 2. The number of benzene rings is 2. The third-order valence-corrected chi connectivity index (χ3v) is 4.46. The van der Waals surface area contributed by atoms with Crippen molar-refractivity contribution in [3.63, 3.8) is 0 Å². The van der Waals surface area contributed by atoms with Crippen LogP contribution in [0.5, 0.6) is 0 Å². The third kappa shape index (κ3) is 5.33. The quantitative estimate of drug-likeness (QED) is 0.465. The molecule has 0 unspecified atom stereocenters. The van der Waals surface area contributed by atoms with Crippen LogP contribution in [0.1, 0.15) is 41.5 Å². The number of hydrogen-bond acceptors (Lipinski definition) is 2. The van der Waals surface area contributed by atoms with Gasteiger partial charge in [0.15, 0.2) is 0 Å². The topological polar surface area (TPSA) is 49.4 Å². The van der Waals surface area contributed by atoms with Gasteiger partial charge in [0.25, 0.3) is 11.8 Å². The lowest BCUT2D eigenvalue weighted by atomic mass is 10.1. The Labute approximate surface area is 170 Å². The van der Waals surface area contributed by atoms with Gasteiger partial charge in [-0.1, -0.05) is 23.2 Å². The summed E-state index contributed by atoms with van der Waals surface area (Å²) in [6.45, 7) is 5.47. The van der Waals surface area contributed by atoms with E-state index in [0.29, 0.717) is 21.2 Å². The molecule has 0 saturated carbocycles. The standard InChI is InChI=1S/C18H17Cl2IN2O2/c1-18(2,3)23(17(25)12-8-13(19)10-14(20)9-12)22-16(24)11-4-6-15(21)7-5-11/h4-10H,1-3H3,(H,22,24). The lowest BCUT2D eigenvalue weighted by Gasteiger charge is -2.35. The minimum atomic E-state index is -0.648. The molecule has 7 heteroatoms. The summed E-state index contributed by atoms with van der Waals surface area (Å²) in [5, 5.41) is 2.00. The van der Waals surface area contributed by atoms with Crippen LogP contribution in [-0.4, -0.2) is 22.4 Å². The molecule has 0 fully saturated rings.